The minimum Gasteiger partial charge on any atom is -0.351 e. The molecule has 0 saturated heterocycles. The molecule has 2 aromatic rings. The molecule has 1 amide bonds. The number of amides is 1. The van der Waals surface area contributed by atoms with Gasteiger partial charge < -0.3 is 9.88 Å². The summed E-state index contributed by atoms with van der Waals surface area (Å²) < 4.78 is 0. The van der Waals surface area contributed by atoms with E-state index in [0.29, 0.717) is 11.6 Å². The number of fused-ring (bicyclic) bond motifs is 1. The number of aromatic amines is 1. The minimum atomic E-state index is 0.103. The number of rotatable bonds is 3. The Balaban J connectivity index is 1.70. The molecule has 3 rings (SSSR count). The largest absolute Gasteiger partial charge is 0.351 e. The number of aromatic nitrogens is 1. The third kappa shape index (κ3) is 2.72. The minimum absolute atomic E-state index is 0.103. The zero-order valence-corrected chi connectivity index (χ0v) is 12.1. The molecule has 0 aliphatic heterocycles. The topological polar surface area (TPSA) is 36.1 Å². The lowest BCUT2D eigenvalue weighted by Gasteiger charge is -2.26. The first kappa shape index (κ1) is 13.2. The lowest BCUT2D eigenvalue weighted by atomic mass is 9.89. The van der Waals surface area contributed by atoms with Crippen LogP contribution in [0.3, 0.4) is 0 Å². The highest BCUT2D eigenvalue weighted by Crippen LogP contribution is 2.24. The van der Waals surface area contributed by atoms with Crippen LogP contribution in [0.2, 0.25) is 0 Å². The van der Waals surface area contributed by atoms with Gasteiger partial charge in [0.25, 0.3) is 5.91 Å². The van der Waals surface area contributed by atoms with Crippen LogP contribution in [-0.2, 0) is 0 Å². The third-order valence-corrected chi connectivity index (χ3v) is 4.36. The van der Waals surface area contributed by atoms with E-state index in [4.69, 9.17) is 0 Å². The molecular weight excluding hydrogens is 248 g/mol. The maximum absolute atomic E-state index is 12.5. The number of nitrogens with one attached hydrogen (secondary N) is 1. The average molecular weight is 270 g/mol. The number of carbonyl (C=O) groups excluding carboxylic acids is 1. The van der Waals surface area contributed by atoms with Gasteiger partial charge in [0.2, 0.25) is 0 Å². The molecule has 1 fully saturated rings. The molecule has 1 aromatic carbocycles. The lowest BCUT2D eigenvalue weighted by Crippen LogP contribution is -2.32. The van der Waals surface area contributed by atoms with Crippen molar-refractivity contribution in [3.8, 4) is 0 Å². The summed E-state index contributed by atoms with van der Waals surface area (Å²) in [5.74, 6) is 0.786. The zero-order chi connectivity index (χ0) is 13.9. The second-order valence-electron chi connectivity index (χ2n) is 5.96. The van der Waals surface area contributed by atoms with Gasteiger partial charge in [-0.2, -0.15) is 0 Å². The van der Waals surface area contributed by atoms with Gasteiger partial charge in [0.15, 0.2) is 0 Å². The van der Waals surface area contributed by atoms with Crippen LogP contribution >= 0.6 is 0 Å². The van der Waals surface area contributed by atoms with Crippen molar-refractivity contribution in [1.29, 1.82) is 0 Å². The Morgan fingerprint density at radius 1 is 1.25 bits per heavy atom. The summed E-state index contributed by atoms with van der Waals surface area (Å²) in [6.07, 6.45) is 6.53. The van der Waals surface area contributed by atoms with Crippen molar-refractivity contribution in [3.63, 3.8) is 0 Å². The first-order valence-electron chi connectivity index (χ1n) is 7.57. The molecule has 0 radical (unpaired) electrons. The Hall–Kier alpha value is -1.77. The molecule has 0 spiro atoms. The Labute approximate surface area is 120 Å². The van der Waals surface area contributed by atoms with Crippen LogP contribution in [0.5, 0.6) is 0 Å². The molecule has 0 bridgehead atoms. The molecular formula is C17H22N2O. The van der Waals surface area contributed by atoms with Gasteiger partial charge in [-0.25, -0.2) is 0 Å². The van der Waals surface area contributed by atoms with E-state index >= 15 is 0 Å². The Morgan fingerprint density at radius 3 is 2.75 bits per heavy atom. The van der Waals surface area contributed by atoms with E-state index in [1.54, 1.807) is 0 Å². The van der Waals surface area contributed by atoms with Crippen LogP contribution < -0.4 is 0 Å². The highest BCUT2D eigenvalue weighted by Gasteiger charge is 2.20. The highest BCUT2D eigenvalue weighted by atomic mass is 16.2. The molecule has 3 nitrogen and oxygen atoms in total. The maximum Gasteiger partial charge on any atom is 0.270 e. The number of para-hydroxylation sites is 1. The number of H-pyrrole nitrogens is 1. The van der Waals surface area contributed by atoms with E-state index in [1.165, 1.54) is 32.1 Å². The van der Waals surface area contributed by atoms with Gasteiger partial charge >= 0.3 is 0 Å². The SMILES string of the molecule is CN(CC1CCCCC1)C(=O)c1cc2ccccc2[nH]1. The van der Waals surface area contributed by atoms with E-state index < -0.39 is 0 Å². The van der Waals surface area contributed by atoms with Gasteiger partial charge in [0.1, 0.15) is 5.69 Å². The van der Waals surface area contributed by atoms with E-state index in [-0.39, 0.29) is 5.91 Å². The van der Waals surface area contributed by atoms with Gasteiger partial charge in [0.05, 0.1) is 0 Å². The standard InChI is InChI=1S/C17H22N2O/c1-19(12-13-7-3-2-4-8-13)17(20)16-11-14-9-5-6-10-15(14)18-16/h5-6,9-11,13,18H,2-4,7-8,12H2,1H3. The van der Waals surface area contributed by atoms with E-state index in [0.717, 1.165) is 17.4 Å². The first-order valence-corrected chi connectivity index (χ1v) is 7.57. The van der Waals surface area contributed by atoms with Gasteiger partial charge in [-0.3, -0.25) is 4.79 Å². The number of hydrogen-bond donors (Lipinski definition) is 1. The summed E-state index contributed by atoms with van der Waals surface area (Å²) in [7, 11) is 1.92. The van der Waals surface area contributed by atoms with Crippen LogP contribution in [0.15, 0.2) is 30.3 Å². The summed E-state index contributed by atoms with van der Waals surface area (Å²) in [4.78, 5) is 17.6. The van der Waals surface area contributed by atoms with E-state index in [9.17, 15) is 4.79 Å². The molecule has 1 N–H and O–H groups in total. The number of hydrogen-bond acceptors (Lipinski definition) is 1. The summed E-state index contributed by atoms with van der Waals surface area (Å²) in [6, 6.07) is 9.97. The van der Waals surface area contributed by atoms with Crippen molar-refractivity contribution in [3.05, 3.63) is 36.0 Å². The normalized spacial score (nSPS) is 16.4. The summed E-state index contributed by atoms with van der Waals surface area (Å²) in [5, 5.41) is 1.10. The molecule has 1 aromatic heterocycles. The maximum atomic E-state index is 12.5. The smallest absolute Gasteiger partial charge is 0.270 e. The fourth-order valence-electron chi connectivity index (χ4n) is 3.23. The van der Waals surface area contributed by atoms with Crippen molar-refractivity contribution in [2.24, 2.45) is 5.92 Å². The van der Waals surface area contributed by atoms with Gasteiger partial charge in [-0.05, 0) is 30.9 Å². The van der Waals surface area contributed by atoms with Crippen LogP contribution in [0.4, 0.5) is 0 Å². The monoisotopic (exact) mass is 270 g/mol. The zero-order valence-electron chi connectivity index (χ0n) is 12.1. The van der Waals surface area contributed by atoms with Crippen LogP contribution in [0, 0.1) is 5.92 Å². The molecule has 3 heteroatoms. The predicted molar refractivity (Wildman–Crippen MR) is 81.8 cm³/mol. The molecule has 0 unspecified atom stereocenters. The van der Waals surface area contributed by atoms with Crippen molar-refractivity contribution in [2.45, 2.75) is 32.1 Å². The molecule has 20 heavy (non-hydrogen) atoms. The van der Waals surface area contributed by atoms with E-state index in [1.807, 2.05) is 42.3 Å². The summed E-state index contributed by atoms with van der Waals surface area (Å²) in [5.41, 5.74) is 1.73. The fraction of sp³-hybridized carbons (Fsp3) is 0.471. The quantitative estimate of drug-likeness (QED) is 0.904. The van der Waals surface area contributed by atoms with Gasteiger partial charge in [-0.15, -0.1) is 0 Å². The molecule has 1 saturated carbocycles. The Morgan fingerprint density at radius 2 is 2.00 bits per heavy atom. The van der Waals surface area contributed by atoms with Crippen molar-refractivity contribution < 1.29 is 4.79 Å². The highest BCUT2D eigenvalue weighted by molar-refractivity contribution is 5.97. The van der Waals surface area contributed by atoms with Crippen LogP contribution in [0.25, 0.3) is 10.9 Å². The third-order valence-electron chi connectivity index (χ3n) is 4.36. The van der Waals surface area contributed by atoms with Crippen LogP contribution in [0.1, 0.15) is 42.6 Å². The number of carbonyl (C=O) groups is 1. The molecule has 0 atom stereocenters. The second kappa shape index (κ2) is 5.70. The number of benzene rings is 1. The van der Waals surface area contributed by atoms with Gasteiger partial charge in [-0.1, -0.05) is 37.5 Å². The van der Waals surface area contributed by atoms with Gasteiger partial charge in [0, 0.05) is 24.5 Å². The summed E-state index contributed by atoms with van der Waals surface area (Å²) in [6.45, 7) is 0.883. The molecule has 1 aliphatic carbocycles. The lowest BCUT2D eigenvalue weighted by molar-refractivity contribution is 0.0755. The second-order valence-corrected chi connectivity index (χ2v) is 5.96. The molecule has 1 heterocycles. The van der Waals surface area contributed by atoms with Crippen LogP contribution in [-0.4, -0.2) is 29.4 Å². The number of nitrogens with zero attached hydrogens (tertiary/aromatic N) is 1. The Bertz CT molecular complexity index is 563. The molecule has 1 aliphatic rings. The fourth-order valence-corrected chi connectivity index (χ4v) is 3.23. The Kier molecular flexibility index (Phi) is 3.77. The molecule has 106 valence electrons. The summed E-state index contributed by atoms with van der Waals surface area (Å²) >= 11 is 0. The predicted octanol–water partition coefficient (Wildman–Crippen LogP) is 3.82. The average Bonchev–Trinajstić information content (AvgIpc) is 2.91. The van der Waals surface area contributed by atoms with Crippen molar-refractivity contribution in [2.75, 3.05) is 13.6 Å². The van der Waals surface area contributed by atoms with E-state index in [2.05, 4.69) is 4.98 Å². The van der Waals surface area contributed by atoms with Crippen molar-refractivity contribution >= 4 is 16.8 Å². The first-order chi connectivity index (χ1) is 9.74. The van der Waals surface area contributed by atoms with Crippen molar-refractivity contribution in [1.82, 2.24) is 9.88 Å².